The molecule has 1 aromatic heterocycles. The van der Waals surface area contributed by atoms with Gasteiger partial charge in [0.1, 0.15) is 5.76 Å². The van der Waals surface area contributed by atoms with Gasteiger partial charge in [-0.15, -0.1) is 0 Å². The highest BCUT2D eigenvalue weighted by Gasteiger charge is 2.28. The van der Waals surface area contributed by atoms with Crippen molar-refractivity contribution in [1.82, 2.24) is 5.32 Å². The Kier molecular flexibility index (Phi) is 3.29. The third kappa shape index (κ3) is 1.89. The van der Waals surface area contributed by atoms with Gasteiger partial charge in [0.25, 0.3) is 0 Å². The van der Waals surface area contributed by atoms with Crippen LogP contribution in [0.1, 0.15) is 31.4 Å². The van der Waals surface area contributed by atoms with Crippen LogP contribution in [0.3, 0.4) is 0 Å². The molecule has 2 atom stereocenters. The van der Waals surface area contributed by atoms with Crippen LogP contribution in [0, 0.1) is 5.92 Å². The molecule has 0 amide bonds. The number of nitrogens with one attached hydrogen (secondary N) is 1. The van der Waals surface area contributed by atoms with Crippen LogP contribution in [0.25, 0.3) is 0 Å². The van der Waals surface area contributed by atoms with Gasteiger partial charge < -0.3 is 9.73 Å². The quantitative estimate of drug-likeness (QED) is 0.881. The maximum atomic E-state index is 5.56. The summed E-state index contributed by atoms with van der Waals surface area (Å²) in [6.45, 7) is 4.48. The fraction of sp³-hybridized carbons (Fsp3) is 0.636. The van der Waals surface area contributed by atoms with E-state index < -0.39 is 0 Å². The van der Waals surface area contributed by atoms with Crippen LogP contribution in [0.2, 0.25) is 0 Å². The summed E-state index contributed by atoms with van der Waals surface area (Å²) in [6.07, 6.45) is 4.17. The Hall–Kier alpha value is -0.280. The molecule has 2 unspecified atom stereocenters. The largest absolute Gasteiger partial charge is 0.468 e. The van der Waals surface area contributed by atoms with E-state index in [9.17, 15) is 0 Å². The van der Waals surface area contributed by atoms with Gasteiger partial charge in [0, 0.05) is 5.92 Å². The fourth-order valence-corrected chi connectivity index (χ4v) is 2.76. The molecular weight excluding hydrogens is 242 g/mol. The van der Waals surface area contributed by atoms with Crippen molar-refractivity contribution in [2.24, 2.45) is 5.92 Å². The standard InChI is InChI=1S/C11H16BrNO/c1-2-8-7-13-5-3-9(8)11-10(12)4-6-14-11/h4,6,8-9,13H,2-3,5,7H2,1H3. The van der Waals surface area contributed by atoms with Gasteiger partial charge in [0.05, 0.1) is 10.7 Å². The fourth-order valence-electron chi connectivity index (χ4n) is 2.27. The molecule has 2 nitrogen and oxygen atoms in total. The van der Waals surface area contributed by atoms with Gasteiger partial charge in [-0.05, 0) is 47.4 Å². The average Bonchev–Trinajstić information content (AvgIpc) is 2.64. The first-order chi connectivity index (χ1) is 6.83. The van der Waals surface area contributed by atoms with Crippen LogP contribution >= 0.6 is 15.9 Å². The molecule has 1 aliphatic rings. The van der Waals surface area contributed by atoms with Crippen molar-refractivity contribution in [3.05, 3.63) is 22.6 Å². The highest BCUT2D eigenvalue weighted by atomic mass is 79.9. The molecule has 0 spiro atoms. The first-order valence-corrected chi connectivity index (χ1v) is 6.05. The Bertz CT molecular complexity index is 297. The van der Waals surface area contributed by atoms with E-state index in [1.807, 2.05) is 6.07 Å². The minimum Gasteiger partial charge on any atom is -0.468 e. The van der Waals surface area contributed by atoms with E-state index in [0.29, 0.717) is 11.8 Å². The lowest BCUT2D eigenvalue weighted by molar-refractivity contribution is 0.280. The van der Waals surface area contributed by atoms with Crippen LogP contribution in [0.5, 0.6) is 0 Å². The SMILES string of the molecule is CCC1CNCCC1c1occc1Br. The molecule has 1 saturated heterocycles. The molecule has 1 N–H and O–H groups in total. The number of piperidine rings is 1. The molecule has 0 bridgehead atoms. The van der Waals surface area contributed by atoms with Crippen LogP contribution < -0.4 is 5.32 Å². The van der Waals surface area contributed by atoms with Crippen molar-refractivity contribution in [2.75, 3.05) is 13.1 Å². The molecule has 14 heavy (non-hydrogen) atoms. The Morgan fingerprint density at radius 3 is 3.14 bits per heavy atom. The van der Waals surface area contributed by atoms with Gasteiger partial charge in [-0.25, -0.2) is 0 Å². The molecule has 2 heterocycles. The lowest BCUT2D eigenvalue weighted by atomic mass is 9.83. The molecule has 0 radical (unpaired) electrons. The molecule has 3 heteroatoms. The van der Waals surface area contributed by atoms with Gasteiger partial charge in [-0.1, -0.05) is 13.3 Å². The van der Waals surface area contributed by atoms with Gasteiger partial charge in [0.15, 0.2) is 0 Å². The number of rotatable bonds is 2. The van der Waals surface area contributed by atoms with E-state index in [1.165, 1.54) is 12.8 Å². The molecular formula is C11H16BrNO. The lowest BCUT2D eigenvalue weighted by Gasteiger charge is -2.30. The number of furan rings is 1. The summed E-state index contributed by atoms with van der Waals surface area (Å²) in [5.41, 5.74) is 0. The average molecular weight is 258 g/mol. The zero-order valence-corrected chi connectivity index (χ0v) is 10.0. The van der Waals surface area contributed by atoms with E-state index >= 15 is 0 Å². The van der Waals surface area contributed by atoms with Crippen LogP contribution in [-0.4, -0.2) is 13.1 Å². The monoisotopic (exact) mass is 257 g/mol. The van der Waals surface area contributed by atoms with Crippen molar-refractivity contribution in [3.8, 4) is 0 Å². The minimum absolute atomic E-state index is 0.589. The normalized spacial score (nSPS) is 27.9. The summed E-state index contributed by atoms with van der Waals surface area (Å²) < 4.78 is 6.69. The summed E-state index contributed by atoms with van der Waals surface area (Å²) in [5, 5.41) is 3.44. The van der Waals surface area contributed by atoms with Crippen molar-refractivity contribution in [1.29, 1.82) is 0 Å². The maximum Gasteiger partial charge on any atom is 0.121 e. The maximum absolute atomic E-state index is 5.56. The first kappa shape index (κ1) is 10.2. The van der Waals surface area contributed by atoms with Gasteiger partial charge >= 0.3 is 0 Å². The predicted octanol–water partition coefficient (Wildman–Crippen LogP) is 3.15. The third-order valence-corrected chi connectivity index (χ3v) is 3.77. The minimum atomic E-state index is 0.589. The van der Waals surface area contributed by atoms with Crippen LogP contribution in [0.15, 0.2) is 21.2 Å². The van der Waals surface area contributed by atoms with E-state index in [1.54, 1.807) is 6.26 Å². The third-order valence-electron chi connectivity index (χ3n) is 3.11. The smallest absolute Gasteiger partial charge is 0.121 e. The number of hydrogen-bond acceptors (Lipinski definition) is 2. The predicted molar refractivity (Wildman–Crippen MR) is 60.4 cm³/mol. The zero-order valence-electron chi connectivity index (χ0n) is 8.42. The molecule has 1 aliphatic heterocycles. The molecule has 2 rings (SSSR count). The second-order valence-corrected chi connectivity index (χ2v) is 4.75. The second-order valence-electron chi connectivity index (χ2n) is 3.90. The van der Waals surface area contributed by atoms with Crippen LogP contribution in [-0.2, 0) is 0 Å². The summed E-state index contributed by atoms with van der Waals surface area (Å²) >= 11 is 3.54. The summed E-state index contributed by atoms with van der Waals surface area (Å²) in [7, 11) is 0. The molecule has 0 saturated carbocycles. The van der Waals surface area contributed by atoms with E-state index in [2.05, 4.69) is 28.2 Å². The van der Waals surface area contributed by atoms with Gasteiger partial charge in [-0.3, -0.25) is 0 Å². The van der Waals surface area contributed by atoms with Crippen molar-refractivity contribution in [2.45, 2.75) is 25.7 Å². The van der Waals surface area contributed by atoms with Crippen molar-refractivity contribution in [3.63, 3.8) is 0 Å². The lowest BCUT2D eigenvalue weighted by Crippen LogP contribution is -2.35. The summed E-state index contributed by atoms with van der Waals surface area (Å²) in [6, 6.07) is 1.99. The highest BCUT2D eigenvalue weighted by Crippen LogP contribution is 2.36. The Morgan fingerprint density at radius 1 is 1.64 bits per heavy atom. The van der Waals surface area contributed by atoms with Crippen molar-refractivity contribution < 1.29 is 4.42 Å². The molecule has 1 aromatic rings. The van der Waals surface area contributed by atoms with E-state index in [0.717, 1.165) is 23.3 Å². The Labute approximate surface area is 93.2 Å². The second kappa shape index (κ2) is 4.49. The molecule has 1 fully saturated rings. The van der Waals surface area contributed by atoms with Crippen molar-refractivity contribution >= 4 is 15.9 Å². The van der Waals surface area contributed by atoms with Gasteiger partial charge in [0.2, 0.25) is 0 Å². The molecule has 0 aliphatic carbocycles. The Morgan fingerprint density at radius 2 is 2.50 bits per heavy atom. The zero-order chi connectivity index (χ0) is 9.97. The summed E-state index contributed by atoms with van der Waals surface area (Å²) in [4.78, 5) is 0. The van der Waals surface area contributed by atoms with Gasteiger partial charge in [-0.2, -0.15) is 0 Å². The topological polar surface area (TPSA) is 25.2 Å². The summed E-state index contributed by atoms with van der Waals surface area (Å²) in [5.74, 6) is 2.44. The van der Waals surface area contributed by atoms with Crippen LogP contribution in [0.4, 0.5) is 0 Å². The number of halogens is 1. The van der Waals surface area contributed by atoms with E-state index in [-0.39, 0.29) is 0 Å². The number of hydrogen-bond donors (Lipinski definition) is 1. The molecule has 0 aromatic carbocycles. The molecule has 78 valence electrons. The highest BCUT2D eigenvalue weighted by molar-refractivity contribution is 9.10. The van der Waals surface area contributed by atoms with E-state index in [4.69, 9.17) is 4.42 Å². The first-order valence-electron chi connectivity index (χ1n) is 5.26. The Balaban J connectivity index is 2.19.